The average Bonchev–Trinajstić information content (AvgIpc) is 3.02. The summed E-state index contributed by atoms with van der Waals surface area (Å²) in [6.07, 6.45) is 8.58. The fourth-order valence-electron chi connectivity index (χ4n) is 7.48. The zero-order chi connectivity index (χ0) is 21.3. The molecule has 4 nitrogen and oxygen atoms in total. The van der Waals surface area contributed by atoms with Gasteiger partial charge >= 0.3 is 11.9 Å². The number of hydrogen-bond acceptors (Lipinski definition) is 4. The van der Waals surface area contributed by atoms with Crippen LogP contribution in [0.1, 0.15) is 93.1 Å². The van der Waals surface area contributed by atoms with Crippen molar-refractivity contribution in [3.05, 3.63) is 34.9 Å². The fraction of sp³-hybridized carbons (Fsp3) is 0.692. The Bertz CT molecular complexity index is 902. The maximum atomic E-state index is 12.8. The van der Waals surface area contributed by atoms with Gasteiger partial charge in [0.15, 0.2) is 0 Å². The van der Waals surface area contributed by atoms with Gasteiger partial charge in [-0.1, -0.05) is 13.0 Å². The largest absolute Gasteiger partial charge is 0.465 e. The fourth-order valence-corrected chi connectivity index (χ4v) is 7.48. The molecule has 1 aromatic carbocycles. The number of hydrogen-bond donors (Lipinski definition) is 0. The molecule has 1 aromatic rings. The average molecular weight is 411 g/mol. The van der Waals surface area contributed by atoms with E-state index < -0.39 is 0 Å². The summed E-state index contributed by atoms with van der Waals surface area (Å²) in [7, 11) is 1.44. The molecule has 0 bridgehead atoms. The minimum Gasteiger partial charge on any atom is -0.465 e. The van der Waals surface area contributed by atoms with Gasteiger partial charge in [-0.3, -0.25) is 4.79 Å². The van der Waals surface area contributed by atoms with Gasteiger partial charge in [-0.25, -0.2) is 4.79 Å². The lowest BCUT2D eigenvalue weighted by Crippen LogP contribution is -2.56. The Labute approximate surface area is 179 Å². The van der Waals surface area contributed by atoms with E-state index in [0.717, 1.165) is 44.9 Å². The molecule has 1 saturated heterocycles. The van der Waals surface area contributed by atoms with E-state index in [1.165, 1.54) is 24.7 Å². The van der Waals surface area contributed by atoms with Crippen LogP contribution in [0.2, 0.25) is 0 Å². The second kappa shape index (κ2) is 6.58. The SMILES string of the molecule is COC(=O)c1ccc2c(c1)CC[C@@H]1[C@@H]2CC[C@@]2(C)[C@H]1CC[C@@]21CCC(C)(C)C(=O)O1. The van der Waals surface area contributed by atoms with E-state index in [-0.39, 0.29) is 28.4 Å². The Kier molecular flexibility index (Phi) is 4.40. The third kappa shape index (κ3) is 2.64. The molecule has 0 unspecified atom stereocenters. The van der Waals surface area contributed by atoms with Crippen LogP contribution < -0.4 is 0 Å². The highest BCUT2D eigenvalue weighted by atomic mass is 16.6. The summed E-state index contributed by atoms with van der Waals surface area (Å²) in [5.74, 6) is 1.56. The molecule has 162 valence electrons. The first-order valence-electron chi connectivity index (χ1n) is 11.7. The van der Waals surface area contributed by atoms with Crippen molar-refractivity contribution in [1.82, 2.24) is 0 Å². The summed E-state index contributed by atoms with van der Waals surface area (Å²) in [5, 5.41) is 0. The quantitative estimate of drug-likeness (QED) is 0.579. The number of rotatable bonds is 1. The van der Waals surface area contributed by atoms with Crippen molar-refractivity contribution in [3.63, 3.8) is 0 Å². The summed E-state index contributed by atoms with van der Waals surface area (Å²) in [6.45, 7) is 6.46. The molecule has 1 aliphatic heterocycles. The van der Waals surface area contributed by atoms with Crippen molar-refractivity contribution in [3.8, 4) is 0 Å². The molecule has 5 atom stereocenters. The molecule has 5 rings (SSSR count). The number of methoxy groups -OCH3 is 1. The molecular formula is C26H34O4. The van der Waals surface area contributed by atoms with Crippen LogP contribution in [-0.2, 0) is 20.7 Å². The molecule has 3 aliphatic carbocycles. The molecule has 0 radical (unpaired) electrons. The lowest BCUT2D eigenvalue weighted by atomic mass is 9.52. The summed E-state index contributed by atoms with van der Waals surface area (Å²) in [6, 6.07) is 6.16. The number of carbonyl (C=O) groups excluding carboxylic acids is 2. The number of esters is 2. The lowest BCUT2D eigenvalue weighted by molar-refractivity contribution is -0.206. The number of benzene rings is 1. The highest BCUT2D eigenvalue weighted by Crippen LogP contribution is 2.67. The van der Waals surface area contributed by atoms with E-state index in [2.05, 4.69) is 13.0 Å². The molecule has 3 fully saturated rings. The maximum absolute atomic E-state index is 12.8. The highest BCUT2D eigenvalue weighted by Gasteiger charge is 2.65. The normalized spacial score (nSPS) is 38.9. The smallest absolute Gasteiger partial charge is 0.337 e. The Morgan fingerprint density at radius 1 is 1.07 bits per heavy atom. The Morgan fingerprint density at radius 3 is 2.60 bits per heavy atom. The van der Waals surface area contributed by atoms with Gasteiger partial charge < -0.3 is 9.47 Å². The van der Waals surface area contributed by atoms with Crippen LogP contribution in [0.3, 0.4) is 0 Å². The van der Waals surface area contributed by atoms with Gasteiger partial charge in [0.25, 0.3) is 0 Å². The van der Waals surface area contributed by atoms with Gasteiger partial charge in [0.2, 0.25) is 0 Å². The van der Waals surface area contributed by atoms with Gasteiger partial charge in [-0.05, 0) is 106 Å². The molecule has 1 spiro atoms. The van der Waals surface area contributed by atoms with Gasteiger partial charge in [0.1, 0.15) is 5.60 Å². The van der Waals surface area contributed by atoms with Crippen molar-refractivity contribution in [1.29, 1.82) is 0 Å². The van der Waals surface area contributed by atoms with Gasteiger partial charge in [0, 0.05) is 5.41 Å². The minimum absolute atomic E-state index is 0.00192. The zero-order valence-corrected chi connectivity index (χ0v) is 18.8. The maximum Gasteiger partial charge on any atom is 0.337 e. The first-order chi connectivity index (χ1) is 14.2. The predicted molar refractivity (Wildman–Crippen MR) is 114 cm³/mol. The second-order valence-electron chi connectivity index (χ2n) is 11.1. The van der Waals surface area contributed by atoms with Crippen LogP contribution in [0.4, 0.5) is 0 Å². The number of carbonyl (C=O) groups is 2. The molecule has 0 aromatic heterocycles. The first-order valence-corrected chi connectivity index (χ1v) is 11.7. The van der Waals surface area contributed by atoms with Crippen molar-refractivity contribution >= 4 is 11.9 Å². The van der Waals surface area contributed by atoms with Crippen LogP contribution in [-0.4, -0.2) is 24.6 Å². The lowest BCUT2D eigenvalue weighted by Gasteiger charge is -2.56. The van der Waals surface area contributed by atoms with E-state index in [9.17, 15) is 9.59 Å². The monoisotopic (exact) mass is 410 g/mol. The topological polar surface area (TPSA) is 52.6 Å². The summed E-state index contributed by atoms with van der Waals surface area (Å²) in [4.78, 5) is 24.7. The predicted octanol–water partition coefficient (Wildman–Crippen LogP) is 5.43. The Hall–Kier alpha value is -1.84. The second-order valence-corrected chi connectivity index (χ2v) is 11.1. The molecule has 4 heteroatoms. The van der Waals surface area contributed by atoms with Gasteiger partial charge in [0.05, 0.1) is 18.1 Å². The van der Waals surface area contributed by atoms with Crippen LogP contribution in [0, 0.1) is 22.7 Å². The highest BCUT2D eigenvalue weighted by molar-refractivity contribution is 5.89. The van der Waals surface area contributed by atoms with Crippen molar-refractivity contribution in [2.24, 2.45) is 22.7 Å². The summed E-state index contributed by atoms with van der Waals surface area (Å²) < 4.78 is 11.2. The van der Waals surface area contributed by atoms with Crippen LogP contribution >= 0.6 is 0 Å². The molecule has 30 heavy (non-hydrogen) atoms. The van der Waals surface area contributed by atoms with Crippen LogP contribution in [0.15, 0.2) is 18.2 Å². The van der Waals surface area contributed by atoms with Gasteiger partial charge in [-0.15, -0.1) is 0 Å². The molecular weight excluding hydrogens is 376 g/mol. The molecule has 0 N–H and O–H groups in total. The number of fused-ring (bicyclic) bond motifs is 6. The van der Waals surface area contributed by atoms with E-state index in [1.807, 2.05) is 26.0 Å². The van der Waals surface area contributed by atoms with E-state index >= 15 is 0 Å². The summed E-state index contributed by atoms with van der Waals surface area (Å²) >= 11 is 0. The summed E-state index contributed by atoms with van der Waals surface area (Å²) in [5.41, 5.74) is 2.89. The standard InChI is InChI=1S/C26H34O4/c1-24(2)13-14-26(30-23(24)28)12-10-21-20-8-5-16-15-17(22(27)29-4)6-7-18(16)19(20)9-11-25(21,26)3/h6-7,15,19-21H,5,8-14H2,1-4H3/t19-,20-,21+,25+,26-/m1/s1. The van der Waals surface area contributed by atoms with E-state index in [4.69, 9.17) is 9.47 Å². The molecule has 0 amide bonds. The van der Waals surface area contributed by atoms with Crippen LogP contribution in [0.25, 0.3) is 0 Å². The van der Waals surface area contributed by atoms with Crippen molar-refractivity contribution < 1.29 is 19.1 Å². The van der Waals surface area contributed by atoms with E-state index in [0.29, 0.717) is 23.3 Å². The molecule has 2 saturated carbocycles. The minimum atomic E-state index is -0.349. The van der Waals surface area contributed by atoms with Crippen LogP contribution in [0.5, 0.6) is 0 Å². The third-order valence-electron chi connectivity index (χ3n) is 9.43. The van der Waals surface area contributed by atoms with E-state index in [1.54, 1.807) is 0 Å². The molecule has 4 aliphatic rings. The van der Waals surface area contributed by atoms with Crippen molar-refractivity contribution in [2.75, 3.05) is 7.11 Å². The Morgan fingerprint density at radius 2 is 1.87 bits per heavy atom. The first kappa shape index (κ1) is 20.1. The Balaban J connectivity index is 1.43. The van der Waals surface area contributed by atoms with Gasteiger partial charge in [-0.2, -0.15) is 0 Å². The molecule has 1 heterocycles. The van der Waals surface area contributed by atoms with Crippen molar-refractivity contribution in [2.45, 2.75) is 83.7 Å². The number of aryl methyl sites for hydroxylation is 1. The number of ether oxygens (including phenoxy) is 2. The zero-order valence-electron chi connectivity index (χ0n) is 18.8. The third-order valence-corrected chi connectivity index (χ3v) is 9.43.